The van der Waals surface area contributed by atoms with Gasteiger partial charge < -0.3 is 5.11 Å². The van der Waals surface area contributed by atoms with E-state index in [4.69, 9.17) is 0 Å². The lowest BCUT2D eigenvalue weighted by Crippen LogP contribution is -2.62. The average molecular weight is 536 g/mol. The number of non-ortho nitro benzene ring substituents is 1. The molecular formula is C21H17N3O8S3. The molecule has 2 aromatic rings. The molecular weight excluding hydrogens is 518 g/mol. The number of nitrogens with zero attached hydrogens (tertiary/aromatic N) is 3. The number of ketones is 1. The first kappa shape index (κ1) is 24.9. The second kappa shape index (κ2) is 10.2. The Morgan fingerprint density at radius 3 is 2.60 bits per heavy atom. The van der Waals surface area contributed by atoms with Crippen molar-refractivity contribution in [2.45, 2.75) is 23.1 Å². The highest BCUT2D eigenvalue weighted by Gasteiger charge is 2.53. The number of rotatable bonds is 10. The first-order valence-corrected chi connectivity index (χ1v) is 13.1. The molecule has 1 amide bonds. The number of hydrogen-bond acceptors (Lipinski definition) is 10. The van der Waals surface area contributed by atoms with Gasteiger partial charge in [0.25, 0.3) is 11.4 Å². The molecule has 0 bridgehead atoms. The Hall–Kier alpha value is -3.23. The second-order valence-corrected chi connectivity index (χ2v) is 10.9. The van der Waals surface area contributed by atoms with Crippen LogP contribution in [0.3, 0.4) is 0 Å². The van der Waals surface area contributed by atoms with Crippen LogP contribution in [0.4, 0.5) is 11.4 Å². The molecule has 3 heterocycles. The largest absolute Gasteiger partial charge is 0.477 e. The van der Waals surface area contributed by atoms with Crippen molar-refractivity contribution in [3.8, 4) is 0 Å². The van der Waals surface area contributed by atoms with Gasteiger partial charge in [0.2, 0.25) is 5.91 Å². The van der Waals surface area contributed by atoms with E-state index in [9.17, 15) is 39.7 Å². The molecule has 11 nitrogen and oxygen atoms in total. The highest BCUT2D eigenvalue weighted by molar-refractivity contribution is 8.01. The van der Waals surface area contributed by atoms with Crippen LogP contribution in [-0.2, 0) is 20.8 Å². The maximum Gasteiger partial charge on any atom is 0.352 e. The van der Waals surface area contributed by atoms with Gasteiger partial charge in [-0.05, 0) is 23.1 Å². The summed E-state index contributed by atoms with van der Waals surface area (Å²) in [6, 6.07) is 6.94. The molecule has 0 unspecified atom stereocenters. The van der Waals surface area contributed by atoms with Crippen LogP contribution in [0, 0.1) is 26.1 Å². The average Bonchev–Trinajstić information content (AvgIpc) is 3.33. The van der Waals surface area contributed by atoms with Crippen LogP contribution in [0.2, 0.25) is 0 Å². The number of carboxylic acid groups (broad SMARTS) is 1. The minimum Gasteiger partial charge on any atom is -0.477 e. The minimum absolute atomic E-state index is 0.0386. The fourth-order valence-electron chi connectivity index (χ4n) is 3.90. The van der Waals surface area contributed by atoms with Gasteiger partial charge in [0.15, 0.2) is 0 Å². The highest BCUT2D eigenvalue weighted by Crippen LogP contribution is 2.46. The van der Waals surface area contributed by atoms with E-state index in [-0.39, 0.29) is 40.7 Å². The third-order valence-corrected chi connectivity index (χ3v) is 8.93. The monoisotopic (exact) mass is 535 g/mol. The molecule has 2 atom stereocenters. The lowest BCUT2D eigenvalue weighted by Gasteiger charge is -2.49. The van der Waals surface area contributed by atoms with Crippen molar-refractivity contribution in [3.63, 3.8) is 0 Å². The summed E-state index contributed by atoms with van der Waals surface area (Å²) in [5.74, 6) is -2.07. The van der Waals surface area contributed by atoms with Crippen molar-refractivity contribution in [1.29, 1.82) is 0 Å². The zero-order valence-corrected chi connectivity index (χ0v) is 20.3. The van der Waals surface area contributed by atoms with E-state index >= 15 is 0 Å². The number of nitro benzene ring substituents is 2. The number of thioether (sulfide) groups is 2. The third kappa shape index (κ3) is 5.09. The number of carboxylic acids is 1. The standard InChI is InChI=1S/C21H17N3O8S3/c25-13(7-14-2-1-5-33-14)8-15-19(26)22-18(21(27)28)11(10-35-20(15)22)9-34-17-4-3-12(23(29)30)6-16(17)24(31)32/h1-6,15,20H,7-10H2,(H,27,28)/t15-,20-/m1/s1. The van der Waals surface area contributed by atoms with Crippen LogP contribution in [-0.4, -0.2) is 54.4 Å². The molecule has 1 fully saturated rings. The number of thiophene rings is 1. The number of hydrogen-bond donors (Lipinski definition) is 1. The van der Waals surface area contributed by atoms with E-state index in [2.05, 4.69) is 0 Å². The predicted octanol–water partition coefficient (Wildman–Crippen LogP) is 3.73. The van der Waals surface area contributed by atoms with Crippen LogP contribution >= 0.6 is 34.9 Å². The fraction of sp³-hybridized carbons (Fsp3) is 0.286. The zero-order valence-electron chi connectivity index (χ0n) is 17.8. The second-order valence-electron chi connectivity index (χ2n) is 7.73. The van der Waals surface area contributed by atoms with E-state index in [1.54, 1.807) is 0 Å². The molecule has 1 N–H and O–H groups in total. The maximum absolute atomic E-state index is 12.8. The van der Waals surface area contributed by atoms with Gasteiger partial charge in [-0.1, -0.05) is 6.07 Å². The molecule has 2 aliphatic heterocycles. The van der Waals surface area contributed by atoms with Gasteiger partial charge >= 0.3 is 5.97 Å². The van der Waals surface area contributed by atoms with Gasteiger partial charge in [-0.2, -0.15) is 0 Å². The van der Waals surface area contributed by atoms with Gasteiger partial charge in [0, 0.05) is 35.3 Å². The minimum atomic E-state index is -1.29. The summed E-state index contributed by atoms with van der Waals surface area (Å²) in [7, 11) is 0. The van der Waals surface area contributed by atoms with Crippen LogP contribution in [0.15, 0.2) is 51.9 Å². The van der Waals surface area contributed by atoms with Gasteiger partial charge in [-0.3, -0.25) is 34.7 Å². The number of nitro groups is 2. The fourth-order valence-corrected chi connectivity index (χ4v) is 7.19. The van der Waals surface area contributed by atoms with Gasteiger partial charge in [-0.25, -0.2) is 4.79 Å². The topological polar surface area (TPSA) is 161 Å². The summed E-state index contributed by atoms with van der Waals surface area (Å²) in [5.41, 5.74) is -0.633. The van der Waals surface area contributed by atoms with E-state index in [0.717, 1.165) is 28.8 Å². The molecule has 1 aromatic heterocycles. The Balaban J connectivity index is 1.49. The Labute approximate surface area is 210 Å². The molecule has 1 saturated heterocycles. The highest BCUT2D eigenvalue weighted by atomic mass is 32.2. The summed E-state index contributed by atoms with van der Waals surface area (Å²) in [6.07, 6.45) is 0.271. The molecule has 4 rings (SSSR count). The van der Waals surface area contributed by atoms with Crippen molar-refractivity contribution in [1.82, 2.24) is 4.90 Å². The van der Waals surface area contributed by atoms with E-state index in [0.29, 0.717) is 5.57 Å². The third-order valence-electron chi connectivity index (χ3n) is 5.51. The van der Waals surface area contributed by atoms with Crippen LogP contribution in [0.1, 0.15) is 11.3 Å². The van der Waals surface area contributed by atoms with Gasteiger partial charge in [0.05, 0.1) is 32.1 Å². The molecule has 35 heavy (non-hydrogen) atoms. The summed E-state index contributed by atoms with van der Waals surface area (Å²) in [5, 5.41) is 33.5. The number of carbonyl (C=O) groups is 3. The first-order chi connectivity index (χ1) is 16.7. The zero-order chi connectivity index (χ0) is 25.3. The summed E-state index contributed by atoms with van der Waals surface area (Å²) in [6.45, 7) is 0. The lowest BCUT2D eigenvalue weighted by molar-refractivity contribution is -0.396. The molecule has 0 radical (unpaired) electrons. The SMILES string of the molecule is O=C(Cc1cccs1)C[C@@H]1C(=O)N2C(C(=O)O)=C(CSc3ccc([N+](=O)[O-])cc3[N+](=O)[O-])CS[C@H]12. The van der Waals surface area contributed by atoms with Crippen molar-refractivity contribution in [2.75, 3.05) is 11.5 Å². The molecule has 0 spiro atoms. The van der Waals surface area contributed by atoms with Crippen molar-refractivity contribution in [3.05, 3.63) is 72.1 Å². The summed E-state index contributed by atoms with van der Waals surface area (Å²) in [4.78, 5) is 60.4. The number of carbonyl (C=O) groups excluding carboxylic acids is 2. The molecule has 0 saturated carbocycles. The predicted molar refractivity (Wildman–Crippen MR) is 129 cm³/mol. The number of benzene rings is 1. The van der Waals surface area contributed by atoms with Crippen LogP contribution in [0.5, 0.6) is 0 Å². The number of fused-ring (bicyclic) bond motifs is 1. The number of Topliss-reactive ketones (excluding diaryl/α,β-unsaturated/α-hetero) is 1. The van der Waals surface area contributed by atoms with E-state index < -0.39 is 44.4 Å². The maximum atomic E-state index is 12.8. The molecule has 2 aliphatic rings. The Kier molecular flexibility index (Phi) is 7.23. The van der Waals surface area contributed by atoms with Crippen LogP contribution < -0.4 is 0 Å². The van der Waals surface area contributed by atoms with Gasteiger partial charge in [-0.15, -0.1) is 34.9 Å². The Morgan fingerprint density at radius 2 is 1.97 bits per heavy atom. The first-order valence-electron chi connectivity index (χ1n) is 10.2. The van der Waals surface area contributed by atoms with Crippen LogP contribution in [0.25, 0.3) is 0 Å². The van der Waals surface area contributed by atoms with Gasteiger partial charge in [0.1, 0.15) is 11.5 Å². The number of aliphatic carboxylic acids is 1. The summed E-state index contributed by atoms with van der Waals surface area (Å²) < 4.78 is 0. The smallest absolute Gasteiger partial charge is 0.352 e. The van der Waals surface area contributed by atoms with Crippen molar-refractivity contribution < 1.29 is 29.3 Å². The van der Waals surface area contributed by atoms with E-state index in [1.165, 1.54) is 34.1 Å². The lowest BCUT2D eigenvalue weighted by atomic mass is 9.90. The van der Waals surface area contributed by atoms with E-state index in [1.807, 2.05) is 17.5 Å². The number of β-lactam (4-membered cyclic amide) rings is 1. The van der Waals surface area contributed by atoms with Crippen molar-refractivity contribution >= 4 is 63.9 Å². The van der Waals surface area contributed by atoms with Crippen molar-refractivity contribution in [2.24, 2.45) is 5.92 Å². The quantitative estimate of drug-likeness (QED) is 0.205. The Bertz CT molecular complexity index is 1260. The normalized spacial score (nSPS) is 19.2. The molecule has 182 valence electrons. The molecule has 1 aromatic carbocycles. The number of amides is 1. The Morgan fingerprint density at radius 1 is 1.20 bits per heavy atom. The molecule has 14 heteroatoms. The molecule has 0 aliphatic carbocycles. The summed E-state index contributed by atoms with van der Waals surface area (Å²) >= 11 is 3.79.